The highest BCUT2D eigenvalue weighted by atomic mass is 16.1. The first-order valence-corrected chi connectivity index (χ1v) is 6.63. The second-order valence-corrected chi connectivity index (χ2v) is 5.28. The van der Waals surface area contributed by atoms with Crippen molar-refractivity contribution in [2.75, 3.05) is 39.0 Å². The van der Waals surface area contributed by atoms with Crippen LogP contribution in [-0.2, 0) is 4.79 Å². The van der Waals surface area contributed by atoms with E-state index in [9.17, 15) is 4.79 Å². The molecule has 2 N–H and O–H groups in total. The summed E-state index contributed by atoms with van der Waals surface area (Å²) in [6.45, 7) is 8.06. The molecule has 1 amide bonds. The first-order chi connectivity index (χ1) is 8.90. The molecule has 0 saturated heterocycles. The number of nitrogens with zero attached hydrogens (tertiary/aromatic N) is 1. The average molecular weight is 263 g/mol. The van der Waals surface area contributed by atoms with Crippen LogP contribution in [0.4, 0.5) is 5.69 Å². The summed E-state index contributed by atoms with van der Waals surface area (Å²) in [5.41, 5.74) is 4.67. The van der Waals surface area contributed by atoms with E-state index >= 15 is 0 Å². The largest absolute Gasteiger partial charge is 0.376 e. The molecule has 0 fully saturated rings. The number of likely N-dealkylation sites (N-methyl/N-ethyl adjacent to an activating group) is 1. The molecule has 0 spiro atoms. The maximum absolute atomic E-state index is 11.7. The van der Waals surface area contributed by atoms with Crippen LogP contribution in [0.25, 0.3) is 0 Å². The van der Waals surface area contributed by atoms with Gasteiger partial charge >= 0.3 is 0 Å². The van der Waals surface area contributed by atoms with Crippen LogP contribution in [0.3, 0.4) is 0 Å². The van der Waals surface area contributed by atoms with Crippen LogP contribution in [0.1, 0.15) is 16.7 Å². The fourth-order valence-electron chi connectivity index (χ4n) is 2.11. The SMILES string of the molecule is Cc1cc(C)c(NCC(=O)NCCN(C)C)c(C)c1. The number of amides is 1. The molecular formula is C15H25N3O. The van der Waals surface area contributed by atoms with Crippen molar-refractivity contribution >= 4 is 11.6 Å². The second-order valence-electron chi connectivity index (χ2n) is 5.28. The van der Waals surface area contributed by atoms with Gasteiger partial charge in [-0.1, -0.05) is 17.7 Å². The van der Waals surface area contributed by atoms with Gasteiger partial charge in [0.1, 0.15) is 0 Å². The predicted molar refractivity (Wildman–Crippen MR) is 80.7 cm³/mol. The zero-order valence-corrected chi connectivity index (χ0v) is 12.6. The summed E-state index contributed by atoms with van der Waals surface area (Å²) >= 11 is 0. The van der Waals surface area contributed by atoms with Crippen LogP contribution >= 0.6 is 0 Å². The summed E-state index contributed by atoms with van der Waals surface area (Å²) in [6, 6.07) is 4.25. The second kappa shape index (κ2) is 7.14. The first-order valence-electron chi connectivity index (χ1n) is 6.63. The van der Waals surface area contributed by atoms with Crippen LogP contribution in [0, 0.1) is 20.8 Å². The molecular weight excluding hydrogens is 238 g/mol. The number of benzene rings is 1. The Labute approximate surface area is 116 Å². The van der Waals surface area contributed by atoms with Gasteiger partial charge in [0, 0.05) is 18.8 Å². The summed E-state index contributed by atoms with van der Waals surface area (Å²) < 4.78 is 0. The number of nitrogens with one attached hydrogen (secondary N) is 2. The van der Waals surface area contributed by atoms with E-state index in [1.807, 2.05) is 19.0 Å². The molecule has 0 radical (unpaired) electrons. The van der Waals surface area contributed by atoms with Crippen molar-refractivity contribution < 1.29 is 4.79 Å². The lowest BCUT2D eigenvalue weighted by atomic mass is 10.1. The third-order valence-electron chi connectivity index (χ3n) is 2.98. The summed E-state index contributed by atoms with van der Waals surface area (Å²) in [7, 11) is 3.98. The third kappa shape index (κ3) is 5.30. The molecule has 0 heterocycles. The molecule has 19 heavy (non-hydrogen) atoms. The van der Waals surface area contributed by atoms with Gasteiger partial charge in [-0.2, -0.15) is 0 Å². The maximum Gasteiger partial charge on any atom is 0.239 e. The van der Waals surface area contributed by atoms with E-state index < -0.39 is 0 Å². The number of aryl methyl sites for hydroxylation is 3. The van der Waals surface area contributed by atoms with Crippen LogP contribution in [0.2, 0.25) is 0 Å². The Balaban J connectivity index is 2.46. The lowest BCUT2D eigenvalue weighted by molar-refractivity contribution is -0.119. The number of carbonyl (C=O) groups is 1. The van der Waals surface area contributed by atoms with E-state index in [1.165, 1.54) is 16.7 Å². The highest BCUT2D eigenvalue weighted by molar-refractivity contribution is 5.81. The van der Waals surface area contributed by atoms with Crippen LogP contribution in [-0.4, -0.2) is 44.5 Å². The van der Waals surface area contributed by atoms with Crippen molar-refractivity contribution in [1.82, 2.24) is 10.2 Å². The number of rotatable bonds is 6. The molecule has 0 atom stereocenters. The summed E-state index contributed by atoms with van der Waals surface area (Å²) in [5, 5.41) is 6.11. The van der Waals surface area contributed by atoms with Gasteiger partial charge in [0.25, 0.3) is 0 Å². The molecule has 0 aliphatic heterocycles. The Hall–Kier alpha value is -1.55. The molecule has 4 heteroatoms. The monoisotopic (exact) mass is 263 g/mol. The van der Waals surface area contributed by atoms with E-state index in [0.717, 1.165) is 12.2 Å². The molecule has 0 bridgehead atoms. The molecule has 1 rings (SSSR count). The molecule has 0 unspecified atom stereocenters. The topological polar surface area (TPSA) is 44.4 Å². The van der Waals surface area contributed by atoms with Crippen molar-refractivity contribution in [2.45, 2.75) is 20.8 Å². The molecule has 1 aromatic rings. The highest BCUT2D eigenvalue weighted by Gasteiger charge is 2.06. The minimum atomic E-state index is 0.0289. The van der Waals surface area contributed by atoms with Gasteiger partial charge in [-0.05, 0) is 46.0 Å². The van der Waals surface area contributed by atoms with E-state index in [4.69, 9.17) is 0 Å². The normalized spacial score (nSPS) is 10.6. The van der Waals surface area contributed by atoms with Crippen LogP contribution < -0.4 is 10.6 Å². The van der Waals surface area contributed by atoms with Crippen LogP contribution in [0.5, 0.6) is 0 Å². The van der Waals surface area contributed by atoms with Gasteiger partial charge in [-0.25, -0.2) is 0 Å². The molecule has 0 aliphatic rings. The molecule has 0 aromatic heterocycles. The summed E-state index contributed by atoms with van der Waals surface area (Å²) in [5.74, 6) is 0.0289. The van der Waals surface area contributed by atoms with Crippen molar-refractivity contribution in [2.24, 2.45) is 0 Å². The Morgan fingerprint density at radius 3 is 2.26 bits per heavy atom. The van der Waals surface area contributed by atoms with Gasteiger partial charge in [0.2, 0.25) is 5.91 Å². The number of hydrogen-bond donors (Lipinski definition) is 2. The van der Waals surface area contributed by atoms with E-state index in [2.05, 4.69) is 43.5 Å². The molecule has 4 nitrogen and oxygen atoms in total. The van der Waals surface area contributed by atoms with Crippen molar-refractivity contribution in [3.8, 4) is 0 Å². The number of anilines is 1. The predicted octanol–water partition coefficient (Wildman–Crippen LogP) is 1.70. The van der Waals surface area contributed by atoms with E-state index in [-0.39, 0.29) is 5.91 Å². The molecule has 0 saturated carbocycles. The third-order valence-corrected chi connectivity index (χ3v) is 2.98. The minimum Gasteiger partial charge on any atom is -0.376 e. The molecule has 0 aliphatic carbocycles. The van der Waals surface area contributed by atoms with Crippen LogP contribution in [0.15, 0.2) is 12.1 Å². The number of hydrogen-bond acceptors (Lipinski definition) is 3. The Bertz CT molecular complexity index is 418. The lowest BCUT2D eigenvalue weighted by Gasteiger charge is -2.14. The standard InChI is InChI=1S/C15H25N3O/c1-11-8-12(2)15(13(3)9-11)17-10-14(19)16-6-7-18(4)5/h8-9,17H,6-7,10H2,1-5H3,(H,16,19). The number of carbonyl (C=O) groups excluding carboxylic acids is 1. The van der Waals surface area contributed by atoms with Crippen molar-refractivity contribution in [1.29, 1.82) is 0 Å². The maximum atomic E-state index is 11.7. The minimum absolute atomic E-state index is 0.0289. The smallest absolute Gasteiger partial charge is 0.239 e. The Morgan fingerprint density at radius 1 is 1.16 bits per heavy atom. The average Bonchev–Trinajstić information content (AvgIpc) is 2.26. The van der Waals surface area contributed by atoms with Crippen molar-refractivity contribution in [3.63, 3.8) is 0 Å². The van der Waals surface area contributed by atoms with E-state index in [0.29, 0.717) is 13.1 Å². The van der Waals surface area contributed by atoms with E-state index in [1.54, 1.807) is 0 Å². The quantitative estimate of drug-likeness (QED) is 0.821. The Kier molecular flexibility index (Phi) is 5.83. The summed E-state index contributed by atoms with van der Waals surface area (Å²) in [4.78, 5) is 13.7. The molecule has 1 aromatic carbocycles. The Morgan fingerprint density at radius 2 is 1.74 bits per heavy atom. The highest BCUT2D eigenvalue weighted by Crippen LogP contribution is 2.21. The zero-order valence-electron chi connectivity index (χ0n) is 12.6. The first kappa shape index (κ1) is 15.5. The lowest BCUT2D eigenvalue weighted by Crippen LogP contribution is -2.35. The van der Waals surface area contributed by atoms with Gasteiger partial charge in [0.05, 0.1) is 6.54 Å². The van der Waals surface area contributed by atoms with Gasteiger partial charge in [0.15, 0.2) is 0 Å². The molecule has 106 valence electrons. The fourth-order valence-corrected chi connectivity index (χ4v) is 2.11. The van der Waals surface area contributed by atoms with Gasteiger partial charge < -0.3 is 15.5 Å². The van der Waals surface area contributed by atoms with Gasteiger partial charge in [-0.3, -0.25) is 4.79 Å². The zero-order chi connectivity index (χ0) is 14.4. The summed E-state index contributed by atoms with van der Waals surface area (Å²) in [6.07, 6.45) is 0. The fraction of sp³-hybridized carbons (Fsp3) is 0.533. The van der Waals surface area contributed by atoms with Gasteiger partial charge in [-0.15, -0.1) is 0 Å². The van der Waals surface area contributed by atoms with Crippen molar-refractivity contribution in [3.05, 3.63) is 28.8 Å².